The van der Waals surface area contributed by atoms with E-state index in [1.165, 1.54) is 45.2 Å². The average Bonchev–Trinajstić information content (AvgIpc) is 3.05. The van der Waals surface area contributed by atoms with E-state index in [0.717, 1.165) is 44.2 Å². The fourth-order valence-corrected chi connectivity index (χ4v) is 4.31. The average molecular weight is 295 g/mol. The van der Waals surface area contributed by atoms with E-state index < -0.39 is 0 Å². The Hall–Kier alpha value is -0.810. The van der Waals surface area contributed by atoms with Crippen LogP contribution in [0.5, 0.6) is 0 Å². The summed E-state index contributed by atoms with van der Waals surface area (Å²) in [6.45, 7) is 6.28. The zero-order chi connectivity index (χ0) is 14.7. The topological polar surface area (TPSA) is 44.8 Å². The number of hydrogen-bond donors (Lipinski definition) is 1. The summed E-state index contributed by atoms with van der Waals surface area (Å²) in [6, 6.07) is 0.846. The molecular formula is C16H29N3O2. The van der Waals surface area contributed by atoms with Crippen molar-refractivity contribution < 1.29 is 9.53 Å². The summed E-state index contributed by atoms with van der Waals surface area (Å²) < 4.78 is 5.48. The Labute approximate surface area is 128 Å². The number of likely N-dealkylation sites (tertiary alicyclic amines) is 2. The van der Waals surface area contributed by atoms with Crippen LogP contribution in [-0.2, 0) is 4.74 Å². The molecule has 5 heteroatoms. The smallest absolute Gasteiger partial charge is 0.317 e. The first kappa shape index (κ1) is 15.1. The third-order valence-corrected chi connectivity index (χ3v) is 5.67. The number of amides is 2. The van der Waals surface area contributed by atoms with Gasteiger partial charge in [-0.15, -0.1) is 0 Å². The zero-order valence-corrected chi connectivity index (χ0v) is 13.2. The van der Waals surface area contributed by atoms with Crippen molar-refractivity contribution in [3.63, 3.8) is 0 Å². The molecule has 0 aromatic carbocycles. The predicted octanol–water partition coefficient (Wildman–Crippen LogP) is 1.54. The highest BCUT2D eigenvalue weighted by Crippen LogP contribution is 2.33. The molecule has 21 heavy (non-hydrogen) atoms. The van der Waals surface area contributed by atoms with Crippen molar-refractivity contribution in [2.24, 2.45) is 11.8 Å². The maximum Gasteiger partial charge on any atom is 0.317 e. The highest BCUT2D eigenvalue weighted by Gasteiger charge is 2.35. The van der Waals surface area contributed by atoms with Crippen LogP contribution in [0.4, 0.5) is 4.79 Å². The maximum absolute atomic E-state index is 11.6. The quantitative estimate of drug-likeness (QED) is 0.840. The molecule has 3 aliphatic heterocycles. The molecule has 0 bridgehead atoms. The van der Waals surface area contributed by atoms with Gasteiger partial charge in [-0.25, -0.2) is 4.79 Å². The molecule has 0 aromatic rings. The lowest BCUT2D eigenvalue weighted by Gasteiger charge is -2.35. The standard InChI is InChI=1S/C16H29N3O2/c1-17-16(20)18-7-2-13(3-8-18)14-4-9-19(12-14)15-5-10-21-11-6-15/h13-15H,2-12H2,1H3,(H,17,20). The Morgan fingerprint density at radius 2 is 1.67 bits per heavy atom. The van der Waals surface area contributed by atoms with Crippen molar-refractivity contribution in [2.45, 2.75) is 38.1 Å². The van der Waals surface area contributed by atoms with E-state index in [1.807, 2.05) is 4.90 Å². The van der Waals surface area contributed by atoms with Crippen LogP contribution in [0.3, 0.4) is 0 Å². The third kappa shape index (κ3) is 3.51. The summed E-state index contributed by atoms with van der Waals surface area (Å²) in [5.41, 5.74) is 0. The number of urea groups is 1. The van der Waals surface area contributed by atoms with E-state index >= 15 is 0 Å². The highest BCUT2D eigenvalue weighted by atomic mass is 16.5. The number of carbonyl (C=O) groups excluding carboxylic acids is 1. The third-order valence-electron chi connectivity index (χ3n) is 5.67. The zero-order valence-electron chi connectivity index (χ0n) is 13.2. The van der Waals surface area contributed by atoms with Gasteiger partial charge in [0, 0.05) is 45.9 Å². The normalized spacial score (nSPS) is 29.8. The van der Waals surface area contributed by atoms with Gasteiger partial charge in [-0.05, 0) is 50.5 Å². The van der Waals surface area contributed by atoms with Crippen LogP contribution in [0.15, 0.2) is 0 Å². The van der Waals surface area contributed by atoms with E-state index in [-0.39, 0.29) is 6.03 Å². The minimum atomic E-state index is 0.0868. The molecule has 0 saturated carbocycles. The van der Waals surface area contributed by atoms with E-state index in [0.29, 0.717) is 0 Å². The molecule has 0 aromatic heterocycles. The van der Waals surface area contributed by atoms with Crippen LogP contribution < -0.4 is 5.32 Å². The first-order valence-corrected chi connectivity index (χ1v) is 8.56. The van der Waals surface area contributed by atoms with Gasteiger partial charge in [0.25, 0.3) is 0 Å². The Bertz CT molecular complexity index is 349. The number of nitrogens with one attached hydrogen (secondary N) is 1. The maximum atomic E-state index is 11.6. The van der Waals surface area contributed by atoms with Gasteiger partial charge in [-0.1, -0.05) is 0 Å². The van der Waals surface area contributed by atoms with Crippen molar-refractivity contribution in [3.8, 4) is 0 Å². The van der Waals surface area contributed by atoms with Crippen LogP contribution in [-0.4, -0.2) is 68.3 Å². The predicted molar refractivity (Wildman–Crippen MR) is 82.3 cm³/mol. The van der Waals surface area contributed by atoms with Crippen molar-refractivity contribution in [2.75, 3.05) is 46.4 Å². The van der Waals surface area contributed by atoms with Crippen LogP contribution in [0, 0.1) is 11.8 Å². The van der Waals surface area contributed by atoms with Gasteiger partial charge in [0.15, 0.2) is 0 Å². The molecule has 1 atom stereocenters. The van der Waals surface area contributed by atoms with Gasteiger partial charge < -0.3 is 15.0 Å². The van der Waals surface area contributed by atoms with E-state index in [1.54, 1.807) is 7.05 Å². The summed E-state index contributed by atoms with van der Waals surface area (Å²) in [7, 11) is 1.72. The van der Waals surface area contributed by atoms with Crippen LogP contribution in [0.2, 0.25) is 0 Å². The van der Waals surface area contributed by atoms with Crippen molar-refractivity contribution >= 4 is 6.03 Å². The number of rotatable bonds is 2. The second-order valence-electron chi connectivity index (χ2n) is 6.77. The van der Waals surface area contributed by atoms with Crippen molar-refractivity contribution in [1.82, 2.24) is 15.1 Å². The molecule has 3 rings (SSSR count). The molecule has 3 aliphatic rings. The number of piperidine rings is 1. The van der Waals surface area contributed by atoms with Gasteiger partial charge in [-0.2, -0.15) is 0 Å². The fraction of sp³-hybridized carbons (Fsp3) is 0.938. The Kier molecular flexibility index (Phi) is 5.01. The minimum Gasteiger partial charge on any atom is -0.381 e. The lowest BCUT2D eigenvalue weighted by atomic mass is 9.84. The summed E-state index contributed by atoms with van der Waals surface area (Å²) in [5.74, 6) is 1.66. The highest BCUT2D eigenvalue weighted by molar-refractivity contribution is 5.73. The van der Waals surface area contributed by atoms with E-state index in [4.69, 9.17) is 4.74 Å². The monoisotopic (exact) mass is 295 g/mol. The Balaban J connectivity index is 1.45. The number of carbonyl (C=O) groups is 1. The molecule has 0 aliphatic carbocycles. The van der Waals surface area contributed by atoms with Gasteiger partial charge in [0.1, 0.15) is 0 Å². The summed E-state index contributed by atoms with van der Waals surface area (Å²) in [6.07, 6.45) is 6.13. The van der Waals surface area contributed by atoms with E-state index in [2.05, 4.69) is 10.2 Å². The Morgan fingerprint density at radius 1 is 1.00 bits per heavy atom. The molecule has 1 unspecified atom stereocenters. The minimum absolute atomic E-state index is 0.0868. The molecule has 3 saturated heterocycles. The molecule has 0 radical (unpaired) electrons. The van der Waals surface area contributed by atoms with Gasteiger partial charge >= 0.3 is 6.03 Å². The number of nitrogens with zero attached hydrogens (tertiary/aromatic N) is 2. The van der Waals surface area contributed by atoms with Gasteiger partial charge in [0.2, 0.25) is 0 Å². The SMILES string of the molecule is CNC(=O)N1CCC(C2CCN(C3CCOCC3)C2)CC1. The van der Waals surface area contributed by atoms with Crippen molar-refractivity contribution in [3.05, 3.63) is 0 Å². The number of ether oxygens (including phenoxy) is 1. The van der Waals surface area contributed by atoms with Gasteiger partial charge in [0.05, 0.1) is 0 Å². The second-order valence-corrected chi connectivity index (χ2v) is 6.77. The summed E-state index contributed by atoms with van der Waals surface area (Å²) in [5, 5.41) is 2.74. The first-order chi connectivity index (χ1) is 10.3. The molecule has 3 fully saturated rings. The second kappa shape index (κ2) is 6.97. The molecule has 5 nitrogen and oxygen atoms in total. The Morgan fingerprint density at radius 3 is 2.33 bits per heavy atom. The molecule has 1 N–H and O–H groups in total. The fourth-order valence-electron chi connectivity index (χ4n) is 4.31. The van der Waals surface area contributed by atoms with Crippen LogP contribution >= 0.6 is 0 Å². The largest absolute Gasteiger partial charge is 0.381 e. The molecule has 120 valence electrons. The van der Waals surface area contributed by atoms with Gasteiger partial charge in [-0.3, -0.25) is 4.90 Å². The number of hydrogen-bond acceptors (Lipinski definition) is 3. The summed E-state index contributed by atoms with van der Waals surface area (Å²) >= 11 is 0. The van der Waals surface area contributed by atoms with E-state index in [9.17, 15) is 4.79 Å². The summed E-state index contributed by atoms with van der Waals surface area (Å²) in [4.78, 5) is 16.3. The molecular weight excluding hydrogens is 266 g/mol. The van der Waals surface area contributed by atoms with Crippen LogP contribution in [0.1, 0.15) is 32.1 Å². The molecule has 0 spiro atoms. The lowest BCUT2D eigenvalue weighted by Crippen LogP contribution is -2.44. The van der Waals surface area contributed by atoms with Crippen molar-refractivity contribution in [1.29, 1.82) is 0 Å². The first-order valence-electron chi connectivity index (χ1n) is 8.56. The molecule has 3 heterocycles. The molecule has 2 amide bonds. The van der Waals surface area contributed by atoms with Crippen LogP contribution in [0.25, 0.3) is 0 Å². The lowest BCUT2D eigenvalue weighted by molar-refractivity contribution is 0.0394.